The SMILES string of the molecule is Fc1c(-c2cccc3cccc(Cl)c23)ncc2c(N3CC4CCC(C3)N4)nc(OCCn3cccn3)nc12. The molecule has 192 valence electrons. The highest BCUT2D eigenvalue weighted by molar-refractivity contribution is 6.36. The maximum Gasteiger partial charge on any atom is 0.319 e. The maximum atomic E-state index is 16.4. The van der Waals surface area contributed by atoms with E-state index in [9.17, 15) is 0 Å². The van der Waals surface area contributed by atoms with Gasteiger partial charge in [-0.2, -0.15) is 15.1 Å². The number of aromatic nitrogens is 5. The molecule has 0 aliphatic carbocycles. The molecule has 2 bridgehead atoms. The summed E-state index contributed by atoms with van der Waals surface area (Å²) >= 11 is 6.55. The average Bonchev–Trinajstić information content (AvgIpc) is 3.57. The van der Waals surface area contributed by atoms with Gasteiger partial charge in [0, 0.05) is 59.7 Å². The normalized spacial score (nSPS) is 18.9. The van der Waals surface area contributed by atoms with Crippen molar-refractivity contribution in [3.05, 3.63) is 71.9 Å². The van der Waals surface area contributed by atoms with Crippen LogP contribution in [0.5, 0.6) is 6.01 Å². The number of hydrogen-bond donors (Lipinski definition) is 1. The Morgan fingerprint density at radius 2 is 1.87 bits per heavy atom. The van der Waals surface area contributed by atoms with E-state index in [1.807, 2.05) is 42.6 Å². The minimum absolute atomic E-state index is 0.137. The molecule has 0 spiro atoms. The quantitative estimate of drug-likeness (QED) is 0.336. The van der Waals surface area contributed by atoms with E-state index in [-0.39, 0.29) is 17.2 Å². The molecule has 8 nitrogen and oxygen atoms in total. The topological polar surface area (TPSA) is 81.0 Å². The number of pyridine rings is 1. The summed E-state index contributed by atoms with van der Waals surface area (Å²) in [6, 6.07) is 14.1. The molecule has 2 aliphatic heterocycles. The van der Waals surface area contributed by atoms with Crippen LogP contribution in [0.4, 0.5) is 10.2 Å². The summed E-state index contributed by atoms with van der Waals surface area (Å²) in [6.45, 7) is 2.41. The van der Waals surface area contributed by atoms with Gasteiger partial charge in [-0.15, -0.1) is 0 Å². The predicted molar refractivity (Wildman–Crippen MR) is 145 cm³/mol. The van der Waals surface area contributed by atoms with Crippen molar-refractivity contribution in [3.8, 4) is 17.3 Å². The van der Waals surface area contributed by atoms with E-state index < -0.39 is 5.82 Å². The summed E-state index contributed by atoms with van der Waals surface area (Å²) in [5.41, 5.74) is 1.00. The van der Waals surface area contributed by atoms with E-state index in [0.29, 0.717) is 47.0 Å². The van der Waals surface area contributed by atoms with Crippen molar-refractivity contribution in [2.24, 2.45) is 0 Å². The number of hydrogen-bond acceptors (Lipinski definition) is 7. The third-order valence-corrected chi connectivity index (χ3v) is 7.69. The third-order valence-electron chi connectivity index (χ3n) is 7.38. The number of nitrogens with one attached hydrogen (secondary N) is 1. The lowest BCUT2D eigenvalue weighted by Gasteiger charge is -2.34. The van der Waals surface area contributed by atoms with Crippen LogP contribution in [0.25, 0.3) is 32.9 Å². The molecular weight excluding hydrogens is 505 g/mol. The standard InChI is InChI=1S/C28H25ClFN7O/c29-22-7-2-5-17-4-1-6-20(23(17)22)25-24(30)26-21(14-31-25)27(36-15-18-8-9-19(16-36)33-18)35-28(34-26)38-13-12-37-11-3-10-32-37/h1-7,10-11,14,18-19,33H,8-9,12-13,15-16H2. The van der Waals surface area contributed by atoms with Crippen LogP contribution >= 0.6 is 11.6 Å². The van der Waals surface area contributed by atoms with Gasteiger partial charge in [0.25, 0.3) is 0 Å². The van der Waals surface area contributed by atoms with Crippen molar-refractivity contribution < 1.29 is 9.13 Å². The Labute approximate surface area is 223 Å². The van der Waals surface area contributed by atoms with Gasteiger partial charge < -0.3 is 15.0 Å². The van der Waals surface area contributed by atoms with Gasteiger partial charge in [-0.05, 0) is 30.4 Å². The number of benzene rings is 2. The van der Waals surface area contributed by atoms with Crippen LogP contribution < -0.4 is 15.0 Å². The van der Waals surface area contributed by atoms with Gasteiger partial charge in [-0.3, -0.25) is 9.67 Å². The highest BCUT2D eigenvalue weighted by Gasteiger charge is 2.34. The molecule has 2 fully saturated rings. The summed E-state index contributed by atoms with van der Waals surface area (Å²) in [6.07, 6.45) is 7.49. The molecule has 2 unspecified atom stereocenters. The summed E-state index contributed by atoms with van der Waals surface area (Å²) in [4.78, 5) is 16.1. The van der Waals surface area contributed by atoms with Crippen LogP contribution in [0.1, 0.15) is 12.8 Å². The number of fused-ring (bicyclic) bond motifs is 4. The summed E-state index contributed by atoms with van der Waals surface area (Å²) in [7, 11) is 0. The number of rotatable bonds is 6. The zero-order valence-corrected chi connectivity index (χ0v) is 21.3. The van der Waals surface area contributed by atoms with E-state index in [0.717, 1.165) is 36.7 Å². The first kappa shape index (κ1) is 23.3. The van der Waals surface area contributed by atoms with Crippen LogP contribution in [-0.2, 0) is 6.54 Å². The number of ether oxygens (including phenoxy) is 1. The Balaban J connectivity index is 1.34. The molecule has 5 heterocycles. The number of nitrogens with zero attached hydrogens (tertiary/aromatic N) is 6. The molecule has 0 radical (unpaired) electrons. The molecular formula is C28H25ClFN7O. The molecule has 2 aliphatic rings. The highest BCUT2D eigenvalue weighted by atomic mass is 35.5. The number of anilines is 1. The van der Waals surface area contributed by atoms with Crippen LogP contribution in [0.2, 0.25) is 5.02 Å². The smallest absolute Gasteiger partial charge is 0.319 e. The predicted octanol–water partition coefficient (Wildman–Crippen LogP) is 4.85. The first-order chi connectivity index (χ1) is 18.6. The molecule has 1 N–H and O–H groups in total. The van der Waals surface area contributed by atoms with E-state index in [1.165, 1.54) is 0 Å². The van der Waals surface area contributed by atoms with Gasteiger partial charge >= 0.3 is 6.01 Å². The van der Waals surface area contributed by atoms with Crippen molar-refractivity contribution >= 4 is 39.1 Å². The summed E-state index contributed by atoms with van der Waals surface area (Å²) in [5, 5.41) is 10.6. The minimum Gasteiger partial charge on any atom is -0.461 e. The lowest BCUT2D eigenvalue weighted by atomic mass is 10.0. The monoisotopic (exact) mass is 529 g/mol. The van der Waals surface area contributed by atoms with Crippen LogP contribution in [0.15, 0.2) is 61.1 Å². The number of piperazine rings is 1. The van der Waals surface area contributed by atoms with Gasteiger partial charge in [-0.1, -0.05) is 41.9 Å². The molecule has 38 heavy (non-hydrogen) atoms. The van der Waals surface area contributed by atoms with Crippen molar-refractivity contribution in [2.45, 2.75) is 31.5 Å². The zero-order valence-electron chi connectivity index (χ0n) is 20.5. The van der Waals surface area contributed by atoms with E-state index in [4.69, 9.17) is 21.3 Å². The Kier molecular flexibility index (Phi) is 5.82. The summed E-state index contributed by atoms with van der Waals surface area (Å²) in [5.74, 6) is 0.130. The molecule has 5 aromatic rings. The van der Waals surface area contributed by atoms with Gasteiger partial charge in [0.1, 0.15) is 23.6 Å². The van der Waals surface area contributed by atoms with Gasteiger partial charge in [0.2, 0.25) is 0 Å². The van der Waals surface area contributed by atoms with Crippen molar-refractivity contribution in [1.82, 2.24) is 30.0 Å². The Morgan fingerprint density at radius 1 is 1.05 bits per heavy atom. The Morgan fingerprint density at radius 3 is 2.66 bits per heavy atom. The van der Waals surface area contributed by atoms with E-state index in [2.05, 4.69) is 25.3 Å². The highest BCUT2D eigenvalue weighted by Crippen LogP contribution is 2.38. The zero-order chi connectivity index (χ0) is 25.6. The second kappa shape index (κ2) is 9.49. The lowest BCUT2D eigenvalue weighted by molar-refractivity contribution is 0.270. The van der Waals surface area contributed by atoms with E-state index in [1.54, 1.807) is 23.1 Å². The average molecular weight is 530 g/mol. The fourth-order valence-corrected chi connectivity index (χ4v) is 5.92. The minimum atomic E-state index is -0.520. The molecule has 0 saturated carbocycles. The fourth-order valence-electron chi connectivity index (χ4n) is 5.64. The van der Waals surface area contributed by atoms with Crippen LogP contribution in [0, 0.1) is 5.82 Å². The molecule has 2 aromatic carbocycles. The van der Waals surface area contributed by atoms with Gasteiger partial charge in [0.15, 0.2) is 5.82 Å². The molecule has 3 aromatic heterocycles. The van der Waals surface area contributed by atoms with Gasteiger partial charge in [-0.25, -0.2) is 4.39 Å². The fraction of sp³-hybridized carbons (Fsp3) is 0.286. The first-order valence-electron chi connectivity index (χ1n) is 12.8. The van der Waals surface area contributed by atoms with Crippen molar-refractivity contribution in [2.75, 3.05) is 24.6 Å². The molecule has 7 rings (SSSR count). The second-order valence-electron chi connectivity index (χ2n) is 9.82. The maximum absolute atomic E-state index is 16.4. The molecule has 2 saturated heterocycles. The lowest BCUT2D eigenvalue weighted by Crippen LogP contribution is -2.51. The summed E-state index contributed by atoms with van der Waals surface area (Å²) < 4.78 is 24.1. The first-order valence-corrected chi connectivity index (χ1v) is 13.2. The van der Waals surface area contributed by atoms with E-state index >= 15 is 4.39 Å². The van der Waals surface area contributed by atoms with Crippen LogP contribution in [0.3, 0.4) is 0 Å². The Hall–Kier alpha value is -3.82. The van der Waals surface area contributed by atoms with Crippen molar-refractivity contribution in [1.29, 1.82) is 0 Å². The van der Waals surface area contributed by atoms with Crippen LogP contribution in [-0.4, -0.2) is 56.5 Å². The Bertz CT molecular complexity index is 1630. The van der Waals surface area contributed by atoms with Crippen molar-refractivity contribution in [3.63, 3.8) is 0 Å². The largest absolute Gasteiger partial charge is 0.461 e. The third kappa shape index (κ3) is 4.12. The number of halogens is 2. The second-order valence-corrected chi connectivity index (χ2v) is 10.2. The van der Waals surface area contributed by atoms with Gasteiger partial charge in [0.05, 0.1) is 11.9 Å². The molecule has 0 amide bonds. The molecule has 2 atom stereocenters. The molecule has 10 heteroatoms.